The average Bonchev–Trinajstić information content (AvgIpc) is 1.83. The zero-order valence-corrected chi connectivity index (χ0v) is 6.80. The van der Waals surface area contributed by atoms with Crippen LogP contribution >= 0.6 is 0 Å². The lowest BCUT2D eigenvalue weighted by molar-refractivity contribution is 0.988. The van der Waals surface area contributed by atoms with E-state index in [9.17, 15) is 0 Å². The summed E-state index contributed by atoms with van der Waals surface area (Å²) in [6, 6.07) is 8.72. The van der Waals surface area contributed by atoms with E-state index in [1.54, 1.807) is 0 Å². The number of rotatable bonds is 1. The van der Waals surface area contributed by atoms with E-state index in [0.29, 0.717) is 0 Å². The van der Waals surface area contributed by atoms with Crippen molar-refractivity contribution in [1.29, 1.82) is 0 Å². The van der Waals surface area contributed by atoms with E-state index >= 15 is 0 Å². The molecule has 1 aliphatic rings. The molecule has 0 unspecified atom stereocenters. The van der Waals surface area contributed by atoms with Crippen LogP contribution in [-0.2, 0) is 0 Å². The number of aryl methyl sites for hydroxylation is 1. The van der Waals surface area contributed by atoms with Crippen LogP contribution in [0.5, 0.6) is 0 Å². The Morgan fingerprint density at radius 1 is 1.27 bits per heavy atom. The highest BCUT2D eigenvalue weighted by Crippen LogP contribution is 2.28. The molecule has 0 N–H and O–H groups in total. The Morgan fingerprint density at radius 2 is 2.09 bits per heavy atom. The number of benzene rings is 1. The molecule has 0 fully saturated rings. The Morgan fingerprint density at radius 3 is 2.64 bits per heavy atom. The molecule has 0 bridgehead atoms. The summed E-state index contributed by atoms with van der Waals surface area (Å²) in [7, 11) is 0. The smallest absolute Gasteiger partial charge is 0.0225 e. The van der Waals surface area contributed by atoms with Gasteiger partial charge in [-0.2, -0.15) is 0 Å². The first-order valence-corrected chi connectivity index (χ1v) is 4.12. The molecule has 0 saturated heterocycles. The second kappa shape index (κ2) is 2.54. The van der Waals surface area contributed by atoms with Crippen LogP contribution < -0.4 is 0 Å². The maximum Gasteiger partial charge on any atom is -0.0225 e. The SMILES string of the molecule is Cc1cccc(C2=CCC2)c1. The molecular weight excluding hydrogens is 132 g/mol. The molecule has 0 aliphatic heterocycles. The van der Waals surface area contributed by atoms with Gasteiger partial charge in [0, 0.05) is 0 Å². The Labute approximate surface area is 67.6 Å². The molecule has 0 atom stereocenters. The molecule has 0 radical (unpaired) electrons. The van der Waals surface area contributed by atoms with Gasteiger partial charge in [0.2, 0.25) is 0 Å². The monoisotopic (exact) mass is 144 g/mol. The quantitative estimate of drug-likeness (QED) is 0.568. The van der Waals surface area contributed by atoms with Gasteiger partial charge in [0.15, 0.2) is 0 Å². The molecule has 1 aliphatic carbocycles. The summed E-state index contributed by atoms with van der Waals surface area (Å²) < 4.78 is 0. The highest BCUT2D eigenvalue weighted by atomic mass is 14.1. The number of hydrogen-bond donors (Lipinski definition) is 0. The number of hydrogen-bond acceptors (Lipinski definition) is 0. The van der Waals surface area contributed by atoms with E-state index in [2.05, 4.69) is 37.3 Å². The predicted molar refractivity (Wildman–Crippen MR) is 48.4 cm³/mol. The molecule has 56 valence electrons. The molecule has 0 aromatic heterocycles. The van der Waals surface area contributed by atoms with Gasteiger partial charge < -0.3 is 0 Å². The maximum absolute atomic E-state index is 2.31. The number of allylic oxidation sites excluding steroid dienone is 2. The third-order valence-electron chi connectivity index (χ3n) is 2.19. The third-order valence-corrected chi connectivity index (χ3v) is 2.19. The Bertz CT molecular complexity index is 295. The summed E-state index contributed by atoms with van der Waals surface area (Å²) in [6.45, 7) is 2.14. The summed E-state index contributed by atoms with van der Waals surface area (Å²) in [5.41, 5.74) is 4.29. The minimum Gasteiger partial charge on any atom is -0.0804 e. The highest BCUT2D eigenvalue weighted by Gasteiger charge is 2.06. The van der Waals surface area contributed by atoms with Crippen LogP contribution in [0.4, 0.5) is 0 Å². The van der Waals surface area contributed by atoms with Crippen molar-refractivity contribution in [2.75, 3.05) is 0 Å². The molecule has 0 heteroatoms. The fraction of sp³-hybridized carbons (Fsp3) is 0.273. The molecule has 0 nitrogen and oxygen atoms in total. The van der Waals surface area contributed by atoms with Crippen molar-refractivity contribution in [3.05, 3.63) is 41.5 Å². The summed E-state index contributed by atoms with van der Waals surface area (Å²) in [4.78, 5) is 0. The average molecular weight is 144 g/mol. The van der Waals surface area contributed by atoms with Crippen molar-refractivity contribution < 1.29 is 0 Å². The van der Waals surface area contributed by atoms with Gasteiger partial charge in [-0.1, -0.05) is 35.9 Å². The zero-order valence-electron chi connectivity index (χ0n) is 6.80. The molecule has 0 heterocycles. The molecule has 0 saturated carbocycles. The van der Waals surface area contributed by atoms with Crippen LogP contribution in [0, 0.1) is 6.92 Å². The van der Waals surface area contributed by atoms with E-state index in [4.69, 9.17) is 0 Å². The second-order valence-electron chi connectivity index (χ2n) is 3.14. The second-order valence-corrected chi connectivity index (χ2v) is 3.14. The maximum atomic E-state index is 2.31. The normalized spacial score (nSPS) is 15.5. The lowest BCUT2D eigenvalue weighted by Gasteiger charge is -2.14. The minimum atomic E-state index is 1.27. The van der Waals surface area contributed by atoms with Gasteiger partial charge in [0.05, 0.1) is 0 Å². The fourth-order valence-electron chi connectivity index (χ4n) is 1.40. The van der Waals surface area contributed by atoms with Crippen LogP contribution in [0.15, 0.2) is 30.3 Å². The van der Waals surface area contributed by atoms with Crippen molar-refractivity contribution in [2.45, 2.75) is 19.8 Å². The Balaban J connectivity index is 2.38. The van der Waals surface area contributed by atoms with Crippen molar-refractivity contribution in [3.8, 4) is 0 Å². The van der Waals surface area contributed by atoms with E-state index in [0.717, 1.165) is 0 Å². The predicted octanol–water partition coefficient (Wildman–Crippen LogP) is 3.17. The lowest BCUT2D eigenvalue weighted by atomic mass is 9.91. The van der Waals surface area contributed by atoms with Crippen LogP contribution in [0.3, 0.4) is 0 Å². The van der Waals surface area contributed by atoms with Crippen molar-refractivity contribution >= 4 is 5.57 Å². The first-order valence-electron chi connectivity index (χ1n) is 4.12. The van der Waals surface area contributed by atoms with E-state index in [1.165, 1.54) is 29.5 Å². The largest absolute Gasteiger partial charge is 0.0804 e. The summed E-state index contributed by atoms with van der Waals surface area (Å²) in [5.74, 6) is 0. The first-order chi connectivity index (χ1) is 5.36. The van der Waals surface area contributed by atoms with E-state index in [1.807, 2.05) is 0 Å². The molecular formula is C11H12. The topological polar surface area (TPSA) is 0 Å². The van der Waals surface area contributed by atoms with Gasteiger partial charge in [0.1, 0.15) is 0 Å². The van der Waals surface area contributed by atoms with Gasteiger partial charge in [0.25, 0.3) is 0 Å². The van der Waals surface area contributed by atoms with Gasteiger partial charge in [-0.15, -0.1) is 0 Å². The van der Waals surface area contributed by atoms with Crippen LogP contribution in [-0.4, -0.2) is 0 Å². The standard InChI is InChI=1S/C11H12/c1-9-4-2-7-11(8-9)10-5-3-6-10/h2,4-5,7-8H,3,6H2,1H3. The molecule has 11 heavy (non-hydrogen) atoms. The Hall–Kier alpha value is -1.04. The lowest BCUT2D eigenvalue weighted by Crippen LogP contribution is -1.92. The molecule has 1 aromatic rings. The molecule has 1 aromatic carbocycles. The van der Waals surface area contributed by atoms with Crippen molar-refractivity contribution in [2.24, 2.45) is 0 Å². The van der Waals surface area contributed by atoms with Crippen LogP contribution in [0.2, 0.25) is 0 Å². The van der Waals surface area contributed by atoms with Gasteiger partial charge >= 0.3 is 0 Å². The first kappa shape index (κ1) is 6.66. The highest BCUT2D eigenvalue weighted by molar-refractivity contribution is 5.70. The summed E-state index contributed by atoms with van der Waals surface area (Å²) in [5, 5.41) is 0. The van der Waals surface area contributed by atoms with E-state index < -0.39 is 0 Å². The van der Waals surface area contributed by atoms with Gasteiger partial charge in [-0.25, -0.2) is 0 Å². The minimum absolute atomic E-state index is 1.27. The summed E-state index contributed by atoms with van der Waals surface area (Å²) in [6.07, 6.45) is 4.85. The zero-order chi connectivity index (χ0) is 7.68. The van der Waals surface area contributed by atoms with Gasteiger partial charge in [-0.3, -0.25) is 0 Å². The Kier molecular flexibility index (Phi) is 1.54. The van der Waals surface area contributed by atoms with Crippen molar-refractivity contribution in [3.63, 3.8) is 0 Å². The third kappa shape index (κ3) is 1.21. The molecule has 0 amide bonds. The van der Waals surface area contributed by atoms with Gasteiger partial charge in [-0.05, 0) is 30.9 Å². The molecule has 2 rings (SSSR count). The van der Waals surface area contributed by atoms with Crippen molar-refractivity contribution in [1.82, 2.24) is 0 Å². The van der Waals surface area contributed by atoms with E-state index in [-0.39, 0.29) is 0 Å². The summed E-state index contributed by atoms with van der Waals surface area (Å²) >= 11 is 0. The molecule has 0 spiro atoms. The van der Waals surface area contributed by atoms with Crippen LogP contribution in [0.1, 0.15) is 24.0 Å². The van der Waals surface area contributed by atoms with Crippen LogP contribution in [0.25, 0.3) is 5.57 Å². The fourth-order valence-corrected chi connectivity index (χ4v) is 1.40.